The quantitative estimate of drug-likeness (QED) is 0.673. The lowest BCUT2D eigenvalue weighted by atomic mass is 10.3. The number of hydrogen-bond donors (Lipinski definition) is 2. The van der Waals surface area contributed by atoms with Crippen molar-refractivity contribution in [2.45, 2.75) is 0 Å². The zero-order valence-corrected chi connectivity index (χ0v) is 14.2. The molecule has 0 atom stereocenters. The van der Waals surface area contributed by atoms with Gasteiger partial charge in [0.05, 0.1) is 15.7 Å². The number of anilines is 1. The SMILES string of the molecule is O=C(NNc1c(Cl)cc(Cl)cc1Cl)c1cnc2sccn2c1=O. The van der Waals surface area contributed by atoms with Gasteiger partial charge in [-0.1, -0.05) is 34.8 Å². The monoisotopic (exact) mass is 388 g/mol. The number of nitrogens with zero attached hydrogens (tertiary/aromatic N) is 2. The number of thiazole rings is 1. The zero-order valence-electron chi connectivity index (χ0n) is 11.1. The molecule has 2 aromatic heterocycles. The second-order valence-electron chi connectivity index (χ2n) is 4.36. The molecule has 0 saturated heterocycles. The van der Waals surface area contributed by atoms with E-state index in [0.29, 0.717) is 9.98 Å². The highest BCUT2D eigenvalue weighted by molar-refractivity contribution is 7.15. The number of aromatic nitrogens is 2. The van der Waals surface area contributed by atoms with Crippen LogP contribution in [-0.4, -0.2) is 15.3 Å². The van der Waals surface area contributed by atoms with Crippen molar-refractivity contribution in [1.29, 1.82) is 0 Å². The number of carbonyl (C=O) groups excluding carboxylic acids is 1. The molecule has 0 aliphatic heterocycles. The maximum atomic E-state index is 12.2. The number of amides is 1. The van der Waals surface area contributed by atoms with Gasteiger partial charge in [0, 0.05) is 22.8 Å². The molecule has 2 heterocycles. The summed E-state index contributed by atoms with van der Waals surface area (Å²) in [6.45, 7) is 0. The first-order valence-corrected chi connectivity index (χ1v) is 8.14. The van der Waals surface area contributed by atoms with Gasteiger partial charge in [0.2, 0.25) is 0 Å². The van der Waals surface area contributed by atoms with Crippen molar-refractivity contribution < 1.29 is 4.79 Å². The van der Waals surface area contributed by atoms with E-state index in [9.17, 15) is 9.59 Å². The highest BCUT2D eigenvalue weighted by atomic mass is 35.5. The molecule has 118 valence electrons. The largest absolute Gasteiger partial charge is 0.295 e. The molecular weight excluding hydrogens is 383 g/mol. The fraction of sp³-hybridized carbons (Fsp3) is 0. The predicted octanol–water partition coefficient (Wildman–Crippen LogP) is 3.47. The minimum Gasteiger partial charge on any atom is -0.295 e. The minimum atomic E-state index is -0.662. The van der Waals surface area contributed by atoms with Gasteiger partial charge in [0.25, 0.3) is 11.5 Å². The number of halogens is 3. The first-order chi connectivity index (χ1) is 11.0. The molecule has 0 saturated carbocycles. The van der Waals surface area contributed by atoms with E-state index in [1.54, 1.807) is 11.6 Å². The topological polar surface area (TPSA) is 75.5 Å². The Morgan fingerprint density at radius 1 is 1.22 bits per heavy atom. The minimum absolute atomic E-state index is 0.116. The van der Waals surface area contributed by atoms with Crippen LogP contribution < -0.4 is 16.4 Å². The molecule has 0 radical (unpaired) electrons. The van der Waals surface area contributed by atoms with Crippen LogP contribution in [0.1, 0.15) is 10.4 Å². The van der Waals surface area contributed by atoms with Crippen LogP contribution in [0, 0.1) is 0 Å². The summed E-state index contributed by atoms with van der Waals surface area (Å²) in [4.78, 5) is 28.9. The lowest BCUT2D eigenvalue weighted by Crippen LogP contribution is -2.34. The van der Waals surface area contributed by atoms with E-state index in [4.69, 9.17) is 34.8 Å². The van der Waals surface area contributed by atoms with E-state index in [0.717, 1.165) is 0 Å². The van der Waals surface area contributed by atoms with E-state index in [1.165, 1.54) is 34.1 Å². The average molecular weight is 390 g/mol. The van der Waals surface area contributed by atoms with E-state index >= 15 is 0 Å². The van der Waals surface area contributed by atoms with Crippen LogP contribution >= 0.6 is 46.1 Å². The van der Waals surface area contributed by atoms with E-state index in [2.05, 4.69) is 15.8 Å². The van der Waals surface area contributed by atoms with Crippen LogP contribution in [0.3, 0.4) is 0 Å². The molecule has 0 unspecified atom stereocenters. The summed E-state index contributed by atoms with van der Waals surface area (Å²) in [6, 6.07) is 2.94. The highest BCUT2D eigenvalue weighted by Crippen LogP contribution is 2.33. The number of nitrogens with one attached hydrogen (secondary N) is 2. The highest BCUT2D eigenvalue weighted by Gasteiger charge is 2.15. The van der Waals surface area contributed by atoms with Gasteiger partial charge in [-0.15, -0.1) is 11.3 Å². The maximum absolute atomic E-state index is 12.2. The van der Waals surface area contributed by atoms with Crippen LogP contribution in [0.4, 0.5) is 5.69 Å². The van der Waals surface area contributed by atoms with Crippen LogP contribution in [0.15, 0.2) is 34.7 Å². The summed E-state index contributed by atoms with van der Waals surface area (Å²) in [5.41, 5.74) is 4.63. The standard InChI is InChI=1S/C13H7Cl3N4O2S/c14-6-3-8(15)10(9(16)4-6)18-19-11(21)7-5-17-13-20(12(7)22)1-2-23-13/h1-5,18H,(H,19,21). The zero-order chi connectivity index (χ0) is 16.6. The maximum Gasteiger partial charge on any atom is 0.276 e. The van der Waals surface area contributed by atoms with Gasteiger partial charge in [0.15, 0.2) is 4.96 Å². The molecular formula is C13H7Cl3N4O2S. The number of carbonyl (C=O) groups is 1. The summed E-state index contributed by atoms with van der Waals surface area (Å²) in [7, 11) is 0. The molecule has 10 heteroatoms. The van der Waals surface area contributed by atoms with Gasteiger partial charge in [-0.3, -0.25) is 24.8 Å². The third kappa shape index (κ3) is 3.13. The Kier molecular flexibility index (Phi) is 4.45. The molecule has 0 aliphatic rings. The van der Waals surface area contributed by atoms with Gasteiger partial charge in [0.1, 0.15) is 5.56 Å². The molecule has 3 rings (SSSR count). The van der Waals surface area contributed by atoms with Gasteiger partial charge < -0.3 is 0 Å². The van der Waals surface area contributed by atoms with Gasteiger partial charge in [-0.25, -0.2) is 4.98 Å². The molecule has 0 spiro atoms. The summed E-state index contributed by atoms with van der Waals surface area (Å²) in [5, 5.41) is 2.52. The predicted molar refractivity (Wildman–Crippen MR) is 91.9 cm³/mol. The van der Waals surface area contributed by atoms with Gasteiger partial charge >= 0.3 is 0 Å². The Balaban J connectivity index is 1.84. The Hall–Kier alpha value is -1.80. The van der Waals surface area contributed by atoms with Gasteiger partial charge in [-0.2, -0.15) is 0 Å². The number of fused-ring (bicyclic) bond motifs is 1. The number of rotatable bonds is 3. The van der Waals surface area contributed by atoms with Gasteiger partial charge in [-0.05, 0) is 12.1 Å². The molecule has 23 heavy (non-hydrogen) atoms. The van der Waals surface area contributed by atoms with Crippen molar-refractivity contribution >= 4 is 62.7 Å². The molecule has 2 N–H and O–H groups in total. The van der Waals surface area contributed by atoms with Crippen molar-refractivity contribution in [2.24, 2.45) is 0 Å². The Morgan fingerprint density at radius 3 is 2.61 bits per heavy atom. The second kappa shape index (κ2) is 6.37. The van der Waals surface area contributed by atoms with Crippen molar-refractivity contribution in [2.75, 3.05) is 5.43 Å². The molecule has 0 bridgehead atoms. The summed E-state index contributed by atoms with van der Waals surface area (Å²) in [5.74, 6) is -0.662. The van der Waals surface area contributed by atoms with Crippen molar-refractivity contribution in [3.05, 3.63) is 60.9 Å². The van der Waals surface area contributed by atoms with E-state index in [1.807, 2.05) is 0 Å². The van der Waals surface area contributed by atoms with Crippen LogP contribution in [-0.2, 0) is 0 Å². The van der Waals surface area contributed by atoms with E-state index < -0.39 is 11.5 Å². The third-order valence-electron chi connectivity index (χ3n) is 2.90. The second-order valence-corrected chi connectivity index (χ2v) is 6.48. The van der Waals surface area contributed by atoms with Crippen molar-refractivity contribution in [3.8, 4) is 0 Å². The summed E-state index contributed by atoms with van der Waals surface area (Å²) >= 11 is 19.1. The smallest absolute Gasteiger partial charge is 0.276 e. The molecule has 6 nitrogen and oxygen atoms in total. The Morgan fingerprint density at radius 2 is 1.91 bits per heavy atom. The lowest BCUT2D eigenvalue weighted by molar-refractivity contribution is 0.0960. The lowest BCUT2D eigenvalue weighted by Gasteiger charge is -2.11. The molecule has 1 amide bonds. The molecule has 0 aliphatic carbocycles. The number of hydrogen-bond acceptors (Lipinski definition) is 5. The first-order valence-electron chi connectivity index (χ1n) is 6.13. The fourth-order valence-electron chi connectivity index (χ4n) is 1.83. The summed E-state index contributed by atoms with van der Waals surface area (Å²) in [6.07, 6.45) is 2.77. The summed E-state index contributed by atoms with van der Waals surface area (Å²) < 4.78 is 1.29. The molecule has 3 aromatic rings. The van der Waals surface area contributed by atoms with Crippen LogP contribution in [0.2, 0.25) is 15.1 Å². The third-order valence-corrected chi connectivity index (χ3v) is 4.48. The number of benzene rings is 1. The van der Waals surface area contributed by atoms with Crippen LogP contribution in [0.5, 0.6) is 0 Å². The van der Waals surface area contributed by atoms with Crippen molar-refractivity contribution in [3.63, 3.8) is 0 Å². The molecule has 1 aromatic carbocycles. The normalized spacial score (nSPS) is 10.7. The Labute approximate surface area is 148 Å². The molecule has 0 fully saturated rings. The Bertz CT molecular complexity index is 946. The first kappa shape index (κ1) is 16.1. The van der Waals surface area contributed by atoms with Crippen molar-refractivity contribution in [1.82, 2.24) is 14.8 Å². The van der Waals surface area contributed by atoms with Crippen LogP contribution in [0.25, 0.3) is 4.96 Å². The fourth-order valence-corrected chi connectivity index (χ4v) is 3.42. The van der Waals surface area contributed by atoms with E-state index in [-0.39, 0.29) is 21.3 Å². The average Bonchev–Trinajstić information content (AvgIpc) is 2.95. The number of hydrazine groups is 1.